The van der Waals surface area contributed by atoms with Crippen molar-refractivity contribution in [3.05, 3.63) is 34.2 Å². The molecule has 1 aromatic rings. The van der Waals surface area contributed by atoms with Gasteiger partial charge >= 0.3 is 12.1 Å². The highest BCUT2D eigenvalue weighted by Gasteiger charge is 2.35. The van der Waals surface area contributed by atoms with Crippen LogP contribution >= 0.6 is 0 Å². The zero-order chi connectivity index (χ0) is 13.4. The van der Waals surface area contributed by atoms with Crippen molar-refractivity contribution >= 4 is 5.97 Å². The molecular weight excluding hydrogens is 239 g/mol. The maximum atomic E-state index is 12.4. The van der Waals surface area contributed by atoms with Crippen LogP contribution in [-0.4, -0.2) is 15.6 Å². The normalized spacial score (nSPS) is 12.5. The smallest absolute Gasteiger partial charge is 0.417 e. The first-order chi connectivity index (χ1) is 7.56. The number of aromatic nitrogens is 1. The highest BCUT2D eigenvalue weighted by atomic mass is 19.4. The molecule has 94 valence electrons. The first kappa shape index (κ1) is 13.3. The molecule has 0 spiro atoms. The molecule has 17 heavy (non-hydrogen) atoms. The summed E-state index contributed by atoms with van der Waals surface area (Å²) >= 11 is 0. The maximum Gasteiger partial charge on any atom is 0.417 e. The van der Waals surface area contributed by atoms with Crippen LogP contribution in [0, 0.1) is 0 Å². The Labute approximate surface area is 94.3 Å². The maximum absolute atomic E-state index is 12.4. The second-order valence-electron chi connectivity index (χ2n) is 3.99. The minimum atomic E-state index is -4.62. The molecule has 0 bridgehead atoms. The molecule has 7 heteroatoms. The van der Waals surface area contributed by atoms with E-state index in [-0.39, 0.29) is 0 Å². The molecule has 1 aromatic heterocycles. The number of hydrogen-bond donors (Lipinski definition) is 1. The third-order valence-electron chi connectivity index (χ3n) is 2.36. The fourth-order valence-electron chi connectivity index (χ4n) is 1.19. The summed E-state index contributed by atoms with van der Waals surface area (Å²) in [6, 6.07) is 1.32. The SMILES string of the molecule is CC(C)(C(=O)O)n1cc(C(F)(F)F)ccc1=O. The number of aliphatic carboxylic acids is 1. The van der Waals surface area contributed by atoms with Gasteiger partial charge in [-0.2, -0.15) is 13.2 Å². The zero-order valence-corrected chi connectivity index (χ0v) is 9.08. The van der Waals surface area contributed by atoms with Crippen LogP contribution < -0.4 is 5.56 Å². The van der Waals surface area contributed by atoms with E-state index in [1.165, 1.54) is 0 Å². The predicted molar refractivity (Wildman–Crippen MR) is 52.7 cm³/mol. The summed E-state index contributed by atoms with van der Waals surface area (Å²) in [5.41, 5.74) is -3.60. The molecule has 1 N–H and O–H groups in total. The molecule has 0 atom stereocenters. The Bertz CT molecular complexity index is 502. The first-order valence-electron chi connectivity index (χ1n) is 4.60. The minimum Gasteiger partial charge on any atom is -0.480 e. The highest BCUT2D eigenvalue weighted by molar-refractivity contribution is 5.75. The predicted octanol–water partition coefficient (Wildman–Crippen LogP) is 1.69. The van der Waals surface area contributed by atoms with Crippen molar-refractivity contribution in [1.29, 1.82) is 0 Å². The van der Waals surface area contributed by atoms with E-state index >= 15 is 0 Å². The highest BCUT2D eigenvalue weighted by Crippen LogP contribution is 2.29. The van der Waals surface area contributed by atoms with E-state index < -0.39 is 28.8 Å². The van der Waals surface area contributed by atoms with Gasteiger partial charge in [0, 0.05) is 12.3 Å². The fraction of sp³-hybridized carbons (Fsp3) is 0.400. The number of rotatable bonds is 2. The Hall–Kier alpha value is -1.79. The summed E-state index contributed by atoms with van der Waals surface area (Å²) in [5, 5.41) is 8.87. The van der Waals surface area contributed by atoms with Crippen LogP contribution in [0.3, 0.4) is 0 Å². The minimum absolute atomic E-state index is 0.510. The first-order valence-corrected chi connectivity index (χ1v) is 4.60. The molecule has 4 nitrogen and oxygen atoms in total. The van der Waals surface area contributed by atoms with Crippen molar-refractivity contribution in [2.24, 2.45) is 0 Å². The van der Waals surface area contributed by atoms with Crippen molar-refractivity contribution in [3.63, 3.8) is 0 Å². The van der Waals surface area contributed by atoms with Gasteiger partial charge in [-0.25, -0.2) is 4.79 Å². The monoisotopic (exact) mass is 249 g/mol. The molecule has 0 unspecified atom stereocenters. The van der Waals surface area contributed by atoms with E-state index in [1.54, 1.807) is 0 Å². The summed E-state index contributed by atoms with van der Waals surface area (Å²) in [7, 11) is 0. The van der Waals surface area contributed by atoms with Crippen LogP contribution in [-0.2, 0) is 16.5 Å². The van der Waals surface area contributed by atoms with E-state index in [4.69, 9.17) is 5.11 Å². The standard InChI is InChI=1S/C10H10F3NO3/c1-9(2,8(16)17)14-5-6(10(11,12)13)3-4-7(14)15/h3-5H,1-2H3,(H,16,17). The third-order valence-corrected chi connectivity index (χ3v) is 2.36. The molecule has 0 aliphatic carbocycles. The van der Waals surface area contributed by atoms with E-state index in [2.05, 4.69) is 0 Å². The van der Waals surface area contributed by atoms with E-state index in [9.17, 15) is 22.8 Å². The number of alkyl halides is 3. The summed E-state index contributed by atoms with van der Waals surface area (Å²) in [6.07, 6.45) is -4.11. The molecule has 0 radical (unpaired) electrons. The lowest BCUT2D eigenvalue weighted by Gasteiger charge is -2.23. The van der Waals surface area contributed by atoms with E-state index in [1.807, 2.05) is 0 Å². The van der Waals surface area contributed by atoms with Gasteiger partial charge < -0.3 is 5.11 Å². The number of hydrogen-bond acceptors (Lipinski definition) is 2. The molecule has 1 rings (SSSR count). The number of carboxylic acids is 1. The molecular formula is C10H10F3NO3. The summed E-state index contributed by atoms with van der Waals surface area (Å²) in [4.78, 5) is 22.3. The second kappa shape index (κ2) is 3.90. The molecule has 0 aromatic carbocycles. The van der Waals surface area contributed by atoms with Crippen molar-refractivity contribution in [3.8, 4) is 0 Å². The van der Waals surface area contributed by atoms with Crippen molar-refractivity contribution in [2.75, 3.05) is 0 Å². The fourth-order valence-corrected chi connectivity index (χ4v) is 1.19. The van der Waals surface area contributed by atoms with Crippen LogP contribution in [0.2, 0.25) is 0 Å². The lowest BCUT2D eigenvalue weighted by atomic mass is 10.1. The van der Waals surface area contributed by atoms with Crippen LogP contribution in [0.4, 0.5) is 13.2 Å². The quantitative estimate of drug-likeness (QED) is 0.867. The number of pyridine rings is 1. The van der Waals surface area contributed by atoms with E-state index in [0.29, 0.717) is 22.9 Å². The summed E-state index contributed by atoms with van der Waals surface area (Å²) in [5.74, 6) is -1.39. The van der Waals surface area contributed by atoms with Gasteiger partial charge in [-0.1, -0.05) is 0 Å². The Morgan fingerprint density at radius 3 is 2.24 bits per heavy atom. The van der Waals surface area contributed by atoms with E-state index in [0.717, 1.165) is 13.8 Å². The molecule has 0 amide bonds. The van der Waals surface area contributed by atoms with Gasteiger partial charge in [0.05, 0.1) is 5.56 Å². The van der Waals surface area contributed by atoms with Gasteiger partial charge in [0.2, 0.25) is 0 Å². The Morgan fingerprint density at radius 2 is 1.82 bits per heavy atom. The molecule has 0 aliphatic heterocycles. The molecule has 0 saturated heterocycles. The number of nitrogens with zero attached hydrogens (tertiary/aromatic N) is 1. The van der Waals surface area contributed by atoms with Crippen LogP contribution in [0.5, 0.6) is 0 Å². The van der Waals surface area contributed by atoms with Crippen LogP contribution in [0.1, 0.15) is 19.4 Å². The Balaban J connectivity index is 3.45. The zero-order valence-electron chi connectivity index (χ0n) is 9.08. The van der Waals surface area contributed by atoms with Crippen molar-refractivity contribution < 1.29 is 23.1 Å². The van der Waals surface area contributed by atoms with Crippen LogP contribution in [0.25, 0.3) is 0 Å². The third kappa shape index (κ3) is 2.48. The molecule has 0 saturated carbocycles. The largest absolute Gasteiger partial charge is 0.480 e. The number of halogens is 3. The van der Waals surface area contributed by atoms with Gasteiger partial charge in [-0.15, -0.1) is 0 Å². The molecule has 0 aliphatic rings. The average molecular weight is 249 g/mol. The molecule has 1 heterocycles. The Morgan fingerprint density at radius 1 is 1.29 bits per heavy atom. The van der Waals surface area contributed by atoms with Gasteiger partial charge in [-0.3, -0.25) is 9.36 Å². The van der Waals surface area contributed by atoms with Crippen molar-refractivity contribution in [2.45, 2.75) is 25.6 Å². The number of carbonyl (C=O) groups is 1. The number of carboxylic acid groups (broad SMARTS) is 1. The Kier molecular flexibility index (Phi) is 3.05. The lowest BCUT2D eigenvalue weighted by Crippen LogP contribution is -2.42. The van der Waals surface area contributed by atoms with Gasteiger partial charge in [0.25, 0.3) is 5.56 Å². The van der Waals surface area contributed by atoms with Gasteiger partial charge in [0.15, 0.2) is 0 Å². The summed E-state index contributed by atoms with van der Waals surface area (Å²) < 4.78 is 37.8. The topological polar surface area (TPSA) is 59.3 Å². The second-order valence-corrected chi connectivity index (χ2v) is 3.99. The lowest BCUT2D eigenvalue weighted by molar-refractivity contribution is -0.147. The van der Waals surface area contributed by atoms with Gasteiger partial charge in [0.1, 0.15) is 5.54 Å². The summed E-state index contributed by atoms with van der Waals surface area (Å²) in [6.45, 7) is 2.30. The molecule has 0 fully saturated rings. The van der Waals surface area contributed by atoms with Crippen molar-refractivity contribution in [1.82, 2.24) is 4.57 Å². The average Bonchev–Trinajstić information content (AvgIpc) is 2.15. The van der Waals surface area contributed by atoms with Crippen LogP contribution in [0.15, 0.2) is 23.1 Å². The van der Waals surface area contributed by atoms with Gasteiger partial charge in [-0.05, 0) is 19.9 Å².